The van der Waals surface area contributed by atoms with Gasteiger partial charge < -0.3 is 23.7 Å². The van der Waals surface area contributed by atoms with Gasteiger partial charge in [-0.05, 0) is 48.4 Å². The van der Waals surface area contributed by atoms with Gasteiger partial charge in [-0.1, -0.05) is 0 Å². The Kier molecular flexibility index (Phi) is 4.10. The second-order valence-corrected chi connectivity index (χ2v) is 7.53. The Labute approximate surface area is 169 Å². The molecule has 29 heavy (non-hydrogen) atoms. The van der Waals surface area contributed by atoms with Crippen molar-refractivity contribution < 1.29 is 28.5 Å². The average Bonchev–Trinajstić information content (AvgIpc) is 3.18. The van der Waals surface area contributed by atoms with Gasteiger partial charge in [0.1, 0.15) is 0 Å². The summed E-state index contributed by atoms with van der Waals surface area (Å²) < 4.78 is 28.8. The monoisotopic (exact) mass is 397 g/mol. The van der Waals surface area contributed by atoms with Crippen molar-refractivity contribution in [3.63, 3.8) is 0 Å². The maximum absolute atomic E-state index is 12.1. The summed E-state index contributed by atoms with van der Waals surface area (Å²) in [4.78, 5) is 14.3. The summed E-state index contributed by atoms with van der Waals surface area (Å²) in [5, 5.41) is 0. The maximum Gasteiger partial charge on any atom is 0.303 e. The van der Waals surface area contributed by atoms with Crippen LogP contribution in [0.25, 0.3) is 11.1 Å². The van der Waals surface area contributed by atoms with Crippen LogP contribution >= 0.6 is 0 Å². The molecule has 2 aliphatic heterocycles. The first-order valence-corrected chi connectivity index (χ1v) is 9.63. The van der Waals surface area contributed by atoms with E-state index in [1.54, 1.807) is 14.2 Å². The van der Waals surface area contributed by atoms with E-state index in [0.29, 0.717) is 11.5 Å². The number of likely N-dealkylation sites (N-methyl/N-ethyl adjacent to an activating group) is 1. The van der Waals surface area contributed by atoms with Crippen LogP contribution in [0.1, 0.15) is 35.8 Å². The van der Waals surface area contributed by atoms with Crippen molar-refractivity contribution in [2.75, 3.05) is 34.6 Å². The van der Waals surface area contributed by atoms with Crippen molar-refractivity contribution in [1.29, 1.82) is 0 Å². The normalized spacial score (nSPS) is 21.2. The van der Waals surface area contributed by atoms with Gasteiger partial charge in [0.25, 0.3) is 0 Å². The fraction of sp³-hybridized carbons (Fsp3) is 0.409. The fourth-order valence-corrected chi connectivity index (χ4v) is 4.87. The standard InChI is InChI=1S/C22H23NO6/c1-11(24)29-22-18-13(5-6-14(25-3)20(18)26-4)17-16-12(7-8-23(2)19(16)22)9-15-21(17)28-10-27-15/h5-6,9,19,22H,7-8,10H2,1-4H3/t19-,22+/m1/s1. The van der Waals surface area contributed by atoms with Crippen LogP contribution in [0.4, 0.5) is 0 Å². The Morgan fingerprint density at radius 2 is 2.00 bits per heavy atom. The zero-order valence-corrected chi connectivity index (χ0v) is 16.9. The summed E-state index contributed by atoms with van der Waals surface area (Å²) in [5.74, 6) is 2.32. The minimum absolute atomic E-state index is 0.152. The number of ether oxygens (including phenoxy) is 5. The molecule has 5 rings (SSSR count). The van der Waals surface area contributed by atoms with Crippen molar-refractivity contribution in [3.05, 3.63) is 34.9 Å². The highest BCUT2D eigenvalue weighted by molar-refractivity contribution is 5.87. The van der Waals surface area contributed by atoms with Crippen LogP contribution in [0, 0.1) is 0 Å². The number of fused-ring (bicyclic) bond motifs is 4. The van der Waals surface area contributed by atoms with Crippen LogP contribution in [0.15, 0.2) is 18.2 Å². The van der Waals surface area contributed by atoms with Gasteiger partial charge in [0.2, 0.25) is 6.79 Å². The molecule has 0 radical (unpaired) electrons. The lowest BCUT2D eigenvalue weighted by atomic mass is 9.74. The number of methoxy groups -OCH3 is 2. The van der Waals surface area contributed by atoms with Crippen molar-refractivity contribution in [3.8, 4) is 34.1 Å². The molecule has 2 aromatic carbocycles. The predicted octanol–water partition coefficient (Wildman–Crippen LogP) is 3.25. The number of nitrogens with zero attached hydrogens (tertiary/aromatic N) is 1. The lowest BCUT2D eigenvalue weighted by Crippen LogP contribution is -2.39. The Morgan fingerprint density at radius 1 is 1.17 bits per heavy atom. The predicted molar refractivity (Wildman–Crippen MR) is 105 cm³/mol. The van der Waals surface area contributed by atoms with Crippen molar-refractivity contribution in [2.45, 2.75) is 25.5 Å². The van der Waals surface area contributed by atoms with E-state index in [-0.39, 0.29) is 18.8 Å². The molecule has 0 bridgehead atoms. The third-order valence-corrected chi connectivity index (χ3v) is 6.01. The number of carbonyl (C=O) groups excluding carboxylic acids is 1. The Hall–Kier alpha value is -2.93. The van der Waals surface area contributed by atoms with E-state index in [0.717, 1.165) is 46.7 Å². The molecule has 2 heterocycles. The summed E-state index contributed by atoms with van der Waals surface area (Å²) >= 11 is 0. The van der Waals surface area contributed by atoms with Gasteiger partial charge in [-0.25, -0.2) is 0 Å². The molecule has 152 valence electrons. The first-order chi connectivity index (χ1) is 14.0. The molecule has 2 aromatic rings. The van der Waals surface area contributed by atoms with E-state index >= 15 is 0 Å². The molecule has 0 saturated carbocycles. The van der Waals surface area contributed by atoms with E-state index < -0.39 is 6.10 Å². The van der Waals surface area contributed by atoms with Gasteiger partial charge >= 0.3 is 5.97 Å². The first kappa shape index (κ1) is 18.1. The van der Waals surface area contributed by atoms with Crippen LogP contribution in [-0.2, 0) is 16.0 Å². The lowest BCUT2D eigenvalue weighted by Gasteiger charge is -2.44. The average molecular weight is 397 g/mol. The zero-order valence-electron chi connectivity index (χ0n) is 16.9. The molecule has 7 nitrogen and oxygen atoms in total. The third kappa shape index (κ3) is 2.50. The van der Waals surface area contributed by atoms with Gasteiger partial charge in [0.15, 0.2) is 29.1 Å². The Balaban J connectivity index is 1.88. The summed E-state index contributed by atoms with van der Waals surface area (Å²) in [6.07, 6.45) is 0.367. The minimum atomic E-state index is -0.524. The molecule has 3 aliphatic rings. The van der Waals surface area contributed by atoms with Crippen molar-refractivity contribution in [1.82, 2.24) is 4.90 Å². The smallest absolute Gasteiger partial charge is 0.303 e. The topological polar surface area (TPSA) is 66.5 Å². The van der Waals surface area contributed by atoms with Gasteiger partial charge in [-0.3, -0.25) is 9.69 Å². The molecule has 0 saturated heterocycles. The van der Waals surface area contributed by atoms with Crippen LogP contribution < -0.4 is 18.9 Å². The van der Waals surface area contributed by atoms with Gasteiger partial charge in [-0.15, -0.1) is 0 Å². The maximum atomic E-state index is 12.1. The summed E-state index contributed by atoms with van der Waals surface area (Å²) in [6.45, 7) is 2.48. The highest BCUT2D eigenvalue weighted by Gasteiger charge is 2.46. The third-order valence-electron chi connectivity index (χ3n) is 6.01. The second-order valence-electron chi connectivity index (χ2n) is 7.53. The summed E-state index contributed by atoms with van der Waals surface area (Å²) in [6, 6.07) is 5.77. The SMILES string of the molecule is COc1ccc2c(c1OC)[C@H](OC(C)=O)[C@H]1c3c(cc4c(c3-2)OCO4)CCN1C. The molecule has 0 aromatic heterocycles. The molecular formula is C22H23NO6. The number of hydrogen-bond acceptors (Lipinski definition) is 7. The molecule has 0 spiro atoms. The van der Waals surface area contributed by atoms with Crippen molar-refractivity contribution >= 4 is 5.97 Å². The van der Waals surface area contributed by atoms with Gasteiger partial charge in [-0.2, -0.15) is 0 Å². The molecule has 7 heteroatoms. The van der Waals surface area contributed by atoms with E-state index in [1.807, 2.05) is 12.1 Å². The quantitative estimate of drug-likeness (QED) is 0.737. The largest absolute Gasteiger partial charge is 0.493 e. The Bertz CT molecular complexity index is 1020. The fourth-order valence-electron chi connectivity index (χ4n) is 4.87. The highest BCUT2D eigenvalue weighted by atomic mass is 16.7. The molecule has 0 amide bonds. The van der Waals surface area contributed by atoms with E-state index in [1.165, 1.54) is 12.5 Å². The molecule has 0 N–H and O–H groups in total. The molecule has 2 atom stereocenters. The number of esters is 1. The van der Waals surface area contributed by atoms with E-state index in [4.69, 9.17) is 23.7 Å². The summed E-state index contributed by atoms with van der Waals surface area (Å²) in [5.41, 5.74) is 5.03. The molecule has 0 fully saturated rings. The molecule has 0 unspecified atom stereocenters. The van der Waals surface area contributed by atoms with Crippen LogP contribution in [0.5, 0.6) is 23.0 Å². The van der Waals surface area contributed by atoms with E-state index in [2.05, 4.69) is 18.0 Å². The van der Waals surface area contributed by atoms with Gasteiger partial charge in [0.05, 0.1) is 20.3 Å². The number of hydrogen-bond donors (Lipinski definition) is 0. The number of rotatable bonds is 3. The van der Waals surface area contributed by atoms with E-state index in [9.17, 15) is 4.79 Å². The molecular weight excluding hydrogens is 374 g/mol. The summed E-state index contributed by atoms with van der Waals surface area (Å²) in [7, 11) is 5.25. The van der Waals surface area contributed by atoms with Crippen LogP contribution in [-0.4, -0.2) is 45.5 Å². The highest BCUT2D eigenvalue weighted by Crippen LogP contribution is 2.60. The lowest BCUT2D eigenvalue weighted by molar-refractivity contribution is -0.151. The molecule has 1 aliphatic carbocycles. The number of benzene rings is 2. The van der Waals surface area contributed by atoms with Gasteiger partial charge in [0, 0.05) is 24.6 Å². The zero-order chi connectivity index (χ0) is 20.3. The van der Waals surface area contributed by atoms with Crippen molar-refractivity contribution in [2.24, 2.45) is 0 Å². The first-order valence-electron chi connectivity index (χ1n) is 9.63. The van der Waals surface area contributed by atoms with Crippen LogP contribution in [0.3, 0.4) is 0 Å². The van der Waals surface area contributed by atoms with Crippen LogP contribution in [0.2, 0.25) is 0 Å². The number of carbonyl (C=O) groups is 1. The minimum Gasteiger partial charge on any atom is -0.493 e. The second kappa shape index (κ2) is 6.56. The Morgan fingerprint density at radius 3 is 2.72 bits per heavy atom.